The van der Waals surface area contributed by atoms with Crippen LogP contribution < -0.4 is 5.32 Å². The Morgan fingerprint density at radius 3 is 2.94 bits per heavy atom. The van der Waals surface area contributed by atoms with E-state index in [1.54, 1.807) is 6.07 Å². The van der Waals surface area contributed by atoms with Crippen molar-refractivity contribution < 1.29 is 4.39 Å². The Morgan fingerprint density at radius 2 is 2.06 bits per heavy atom. The summed E-state index contributed by atoms with van der Waals surface area (Å²) in [6, 6.07) is 11.1. The van der Waals surface area contributed by atoms with Gasteiger partial charge in [0.2, 0.25) is 0 Å². The zero-order chi connectivity index (χ0) is 12.5. The minimum atomic E-state index is -0.375. The van der Waals surface area contributed by atoms with Crippen LogP contribution in [0.25, 0.3) is 11.1 Å². The minimum absolute atomic E-state index is 0.188. The smallest absolute Gasteiger partial charge is 0.142 e. The third kappa shape index (κ3) is 1.97. The molecular formula is C15H13ClFN. The van der Waals surface area contributed by atoms with E-state index in [9.17, 15) is 4.39 Å². The van der Waals surface area contributed by atoms with Gasteiger partial charge in [-0.2, -0.15) is 0 Å². The normalized spacial score (nSPS) is 13.9. The largest absolute Gasteiger partial charge is 0.385 e. The molecular weight excluding hydrogens is 249 g/mol. The summed E-state index contributed by atoms with van der Waals surface area (Å²) in [6.45, 7) is 0.993. The number of halogens is 2. The van der Waals surface area contributed by atoms with E-state index < -0.39 is 0 Å². The number of rotatable bonds is 1. The Morgan fingerprint density at radius 1 is 1.17 bits per heavy atom. The fraction of sp³-hybridized carbons (Fsp3) is 0.200. The summed E-state index contributed by atoms with van der Waals surface area (Å²) < 4.78 is 13.5. The molecule has 0 saturated carbocycles. The van der Waals surface area contributed by atoms with Crippen molar-refractivity contribution >= 4 is 17.3 Å². The number of nitrogens with one attached hydrogen (secondary N) is 1. The van der Waals surface area contributed by atoms with Gasteiger partial charge in [-0.05, 0) is 36.1 Å². The van der Waals surface area contributed by atoms with E-state index in [1.165, 1.54) is 11.6 Å². The quantitative estimate of drug-likeness (QED) is 0.797. The summed E-state index contributed by atoms with van der Waals surface area (Å²) >= 11 is 6.02. The predicted octanol–water partition coefficient (Wildman–Crippen LogP) is 4.50. The highest BCUT2D eigenvalue weighted by Gasteiger charge is 2.12. The highest BCUT2D eigenvalue weighted by Crippen LogP contribution is 2.33. The van der Waals surface area contributed by atoms with Crippen molar-refractivity contribution in [3.63, 3.8) is 0 Å². The molecule has 0 radical (unpaired) electrons. The highest BCUT2D eigenvalue weighted by molar-refractivity contribution is 6.33. The maximum Gasteiger partial charge on any atom is 0.142 e. The monoisotopic (exact) mass is 261 g/mol. The molecule has 1 aliphatic heterocycles. The third-order valence-electron chi connectivity index (χ3n) is 3.31. The lowest BCUT2D eigenvalue weighted by Gasteiger charge is -2.19. The van der Waals surface area contributed by atoms with Crippen molar-refractivity contribution in [1.29, 1.82) is 0 Å². The molecule has 18 heavy (non-hydrogen) atoms. The first-order valence-electron chi connectivity index (χ1n) is 6.07. The zero-order valence-corrected chi connectivity index (χ0v) is 10.6. The Balaban J connectivity index is 2.09. The molecule has 2 aromatic carbocycles. The van der Waals surface area contributed by atoms with Gasteiger partial charge >= 0.3 is 0 Å². The number of aryl methyl sites for hydroxylation is 1. The Bertz CT molecular complexity index is 595. The molecule has 0 spiro atoms. The van der Waals surface area contributed by atoms with Gasteiger partial charge in [0.25, 0.3) is 0 Å². The summed E-state index contributed by atoms with van der Waals surface area (Å²) in [5.41, 5.74) is 4.15. The van der Waals surface area contributed by atoms with Gasteiger partial charge in [0.05, 0.1) is 5.02 Å². The van der Waals surface area contributed by atoms with E-state index in [-0.39, 0.29) is 10.8 Å². The van der Waals surface area contributed by atoms with Crippen LogP contribution in [0.4, 0.5) is 10.1 Å². The molecule has 0 unspecified atom stereocenters. The minimum Gasteiger partial charge on any atom is -0.385 e. The van der Waals surface area contributed by atoms with E-state index in [0.29, 0.717) is 0 Å². The highest BCUT2D eigenvalue weighted by atomic mass is 35.5. The molecule has 1 aliphatic rings. The van der Waals surface area contributed by atoms with Gasteiger partial charge in [0, 0.05) is 17.8 Å². The number of hydrogen-bond donors (Lipinski definition) is 1. The van der Waals surface area contributed by atoms with Crippen molar-refractivity contribution in [2.24, 2.45) is 0 Å². The van der Waals surface area contributed by atoms with Crippen LogP contribution in [0.3, 0.4) is 0 Å². The average Bonchev–Trinajstić information content (AvgIpc) is 2.41. The van der Waals surface area contributed by atoms with Gasteiger partial charge in [-0.15, -0.1) is 0 Å². The molecule has 0 amide bonds. The topological polar surface area (TPSA) is 12.0 Å². The molecule has 0 bridgehead atoms. The summed E-state index contributed by atoms with van der Waals surface area (Å²) in [6.07, 6.45) is 2.26. The molecule has 0 saturated heterocycles. The van der Waals surface area contributed by atoms with Gasteiger partial charge in [0.15, 0.2) is 0 Å². The molecule has 0 aromatic heterocycles. The van der Waals surface area contributed by atoms with Gasteiger partial charge < -0.3 is 5.32 Å². The van der Waals surface area contributed by atoms with Crippen LogP contribution >= 0.6 is 11.6 Å². The van der Waals surface area contributed by atoms with Gasteiger partial charge in [0.1, 0.15) is 5.82 Å². The van der Waals surface area contributed by atoms with E-state index in [4.69, 9.17) is 11.6 Å². The first-order chi connectivity index (χ1) is 8.75. The fourth-order valence-electron chi connectivity index (χ4n) is 2.36. The van der Waals surface area contributed by atoms with Crippen molar-refractivity contribution in [2.45, 2.75) is 12.8 Å². The van der Waals surface area contributed by atoms with Crippen molar-refractivity contribution in [1.82, 2.24) is 0 Å². The van der Waals surface area contributed by atoms with Crippen LogP contribution in [-0.2, 0) is 6.42 Å². The van der Waals surface area contributed by atoms with E-state index in [1.807, 2.05) is 12.1 Å². The molecule has 2 aromatic rings. The molecule has 1 N–H and O–H groups in total. The second kappa shape index (κ2) is 4.62. The van der Waals surface area contributed by atoms with Crippen LogP contribution in [0.1, 0.15) is 12.0 Å². The maximum absolute atomic E-state index is 13.5. The molecule has 92 valence electrons. The molecule has 3 heteroatoms. The van der Waals surface area contributed by atoms with E-state index in [0.717, 1.165) is 36.2 Å². The van der Waals surface area contributed by atoms with Gasteiger partial charge in [-0.25, -0.2) is 4.39 Å². The number of fused-ring (bicyclic) bond motifs is 1. The summed E-state index contributed by atoms with van der Waals surface area (Å²) in [5, 5.41) is 3.56. The van der Waals surface area contributed by atoms with Crippen LogP contribution in [0.15, 0.2) is 36.4 Å². The standard InChI is InChI=1S/C15H13ClFN/c16-15-12(4-1-5-13(15)17)11-7-6-10-3-2-8-18-14(10)9-11/h1,4-7,9,18H,2-3,8H2. The lowest BCUT2D eigenvalue weighted by Crippen LogP contribution is -2.11. The van der Waals surface area contributed by atoms with Crippen LogP contribution in [0.5, 0.6) is 0 Å². The van der Waals surface area contributed by atoms with Crippen molar-refractivity contribution in [3.8, 4) is 11.1 Å². The molecule has 3 rings (SSSR count). The lowest BCUT2D eigenvalue weighted by atomic mass is 9.98. The fourth-order valence-corrected chi connectivity index (χ4v) is 2.59. The second-order valence-corrected chi connectivity index (χ2v) is 4.88. The second-order valence-electron chi connectivity index (χ2n) is 4.50. The number of hydrogen-bond acceptors (Lipinski definition) is 1. The van der Waals surface area contributed by atoms with Gasteiger partial charge in [-0.3, -0.25) is 0 Å². The Hall–Kier alpha value is -1.54. The number of benzene rings is 2. The predicted molar refractivity (Wildman–Crippen MR) is 73.7 cm³/mol. The lowest BCUT2D eigenvalue weighted by molar-refractivity contribution is 0.629. The zero-order valence-electron chi connectivity index (χ0n) is 9.84. The molecule has 0 atom stereocenters. The molecule has 1 heterocycles. The van der Waals surface area contributed by atoms with Crippen LogP contribution in [-0.4, -0.2) is 6.54 Å². The molecule has 0 aliphatic carbocycles. The average molecular weight is 262 g/mol. The van der Waals surface area contributed by atoms with Crippen LogP contribution in [0.2, 0.25) is 5.02 Å². The van der Waals surface area contributed by atoms with Crippen LogP contribution in [0, 0.1) is 5.82 Å². The Labute approximate surface area is 111 Å². The van der Waals surface area contributed by atoms with Crippen molar-refractivity contribution in [3.05, 3.63) is 52.8 Å². The Kier molecular flexibility index (Phi) is 2.96. The molecule has 0 fully saturated rings. The summed E-state index contributed by atoms with van der Waals surface area (Å²) in [5.74, 6) is -0.375. The van der Waals surface area contributed by atoms with Gasteiger partial charge in [-0.1, -0.05) is 35.9 Å². The first-order valence-corrected chi connectivity index (χ1v) is 6.45. The van der Waals surface area contributed by atoms with E-state index in [2.05, 4.69) is 17.4 Å². The summed E-state index contributed by atoms with van der Waals surface area (Å²) in [4.78, 5) is 0. The maximum atomic E-state index is 13.5. The van der Waals surface area contributed by atoms with Crippen molar-refractivity contribution in [2.75, 3.05) is 11.9 Å². The number of anilines is 1. The SMILES string of the molecule is Fc1cccc(-c2ccc3c(c2)NCCC3)c1Cl. The third-order valence-corrected chi connectivity index (χ3v) is 3.69. The molecule has 1 nitrogen and oxygen atoms in total. The van der Waals surface area contributed by atoms with E-state index >= 15 is 0 Å². The summed E-state index contributed by atoms with van der Waals surface area (Å²) in [7, 11) is 0. The first kappa shape index (κ1) is 11.5.